The molecule has 88 valence electrons. The van der Waals surface area contributed by atoms with Crippen molar-refractivity contribution < 1.29 is 14.3 Å². The maximum absolute atomic E-state index is 13.6. The largest absolute Gasteiger partial charge is 0.480 e. The van der Waals surface area contributed by atoms with E-state index in [0.717, 1.165) is 0 Å². The van der Waals surface area contributed by atoms with E-state index in [0.29, 0.717) is 0 Å². The molecule has 0 heterocycles. The molecule has 3 nitrogen and oxygen atoms in total. The Hall–Kier alpha value is -1.13. The molecule has 0 fully saturated rings. The van der Waals surface area contributed by atoms with Gasteiger partial charge in [0, 0.05) is 11.6 Å². The fourth-order valence-corrected chi connectivity index (χ4v) is 1.99. The fourth-order valence-electron chi connectivity index (χ4n) is 1.68. The molecule has 1 aromatic carbocycles. The lowest BCUT2D eigenvalue weighted by atomic mass is 9.77. The number of alkyl halides is 1. The molecule has 3 N–H and O–H groups in total. The van der Waals surface area contributed by atoms with Crippen LogP contribution in [0.4, 0.5) is 4.39 Å². The van der Waals surface area contributed by atoms with Gasteiger partial charge < -0.3 is 10.8 Å². The van der Waals surface area contributed by atoms with Crippen molar-refractivity contribution in [2.45, 2.75) is 18.5 Å². The predicted octanol–water partition coefficient (Wildman–Crippen LogP) is 1.98. The summed E-state index contributed by atoms with van der Waals surface area (Å²) in [4.78, 5) is 11.3. The highest BCUT2D eigenvalue weighted by molar-refractivity contribution is 6.31. The normalized spacial score (nSPS) is 16.5. The van der Waals surface area contributed by atoms with Gasteiger partial charge in [-0.1, -0.05) is 29.8 Å². The minimum atomic E-state index is -1.78. The Kier molecular flexibility index (Phi) is 3.88. The predicted molar refractivity (Wildman–Crippen MR) is 60.4 cm³/mol. The van der Waals surface area contributed by atoms with Gasteiger partial charge in [0.15, 0.2) is 0 Å². The summed E-state index contributed by atoms with van der Waals surface area (Å²) in [5.41, 5.74) is 3.86. The number of hydrogen-bond donors (Lipinski definition) is 2. The van der Waals surface area contributed by atoms with E-state index < -0.39 is 17.6 Å². The maximum Gasteiger partial charge on any atom is 0.318 e. The molecule has 16 heavy (non-hydrogen) atoms. The first-order chi connectivity index (χ1) is 7.46. The van der Waals surface area contributed by atoms with Crippen LogP contribution in [0.25, 0.3) is 0 Å². The Bertz CT molecular complexity index is 397. The third-order valence-electron chi connectivity index (χ3n) is 2.74. The maximum atomic E-state index is 13.6. The van der Waals surface area contributed by atoms with E-state index in [1.807, 2.05) is 0 Å². The molecule has 0 spiro atoms. The standard InChI is InChI=1S/C11H13ClFNO2/c1-7(13)11(6-14,10(15)16)8-4-2-3-5-9(8)12/h2-5,7H,6,14H2,1H3,(H,15,16). The summed E-state index contributed by atoms with van der Waals surface area (Å²) in [5.74, 6) is -1.31. The number of benzene rings is 1. The minimum Gasteiger partial charge on any atom is -0.480 e. The summed E-state index contributed by atoms with van der Waals surface area (Å²) in [6.45, 7) is 0.827. The number of carboxylic acid groups (broad SMARTS) is 1. The van der Waals surface area contributed by atoms with Gasteiger partial charge in [0.05, 0.1) is 0 Å². The van der Waals surface area contributed by atoms with Crippen molar-refractivity contribution in [1.29, 1.82) is 0 Å². The average molecular weight is 246 g/mol. The number of nitrogens with two attached hydrogens (primary N) is 1. The molecule has 0 radical (unpaired) electrons. The second-order valence-electron chi connectivity index (χ2n) is 3.58. The summed E-state index contributed by atoms with van der Waals surface area (Å²) < 4.78 is 13.6. The Morgan fingerprint density at radius 2 is 2.19 bits per heavy atom. The number of carboxylic acids is 1. The van der Waals surface area contributed by atoms with Gasteiger partial charge in [-0.3, -0.25) is 4.79 Å². The molecule has 0 amide bonds. The summed E-state index contributed by atoms with van der Waals surface area (Å²) >= 11 is 5.89. The van der Waals surface area contributed by atoms with Crippen LogP contribution in [0.5, 0.6) is 0 Å². The average Bonchev–Trinajstić information content (AvgIpc) is 2.21. The molecule has 0 aliphatic heterocycles. The lowest BCUT2D eigenvalue weighted by Gasteiger charge is -2.30. The Labute approximate surface area is 98.0 Å². The molecule has 0 aliphatic carbocycles. The van der Waals surface area contributed by atoms with Gasteiger partial charge in [-0.2, -0.15) is 0 Å². The van der Waals surface area contributed by atoms with E-state index in [1.54, 1.807) is 12.1 Å². The molecular formula is C11H13ClFNO2. The van der Waals surface area contributed by atoms with E-state index >= 15 is 0 Å². The third kappa shape index (κ3) is 1.90. The number of aliphatic carboxylic acids is 1. The van der Waals surface area contributed by atoms with Crippen molar-refractivity contribution in [3.05, 3.63) is 34.9 Å². The highest BCUT2D eigenvalue weighted by atomic mass is 35.5. The molecule has 2 unspecified atom stereocenters. The molecule has 0 bridgehead atoms. The van der Waals surface area contributed by atoms with Crippen LogP contribution in [0.1, 0.15) is 12.5 Å². The van der Waals surface area contributed by atoms with Crippen molar-refractivity contribution in [2.24, 2.45) is 5.73 Å². The van der Waals surface area contributed by atoms with E-state index in [1.165, 1.54) is 19.1 Å². The first-order valence-electron chi connectivity index (χ1n) is 4.79. The molecule has 2 atom stereocenters. The fraction of sp³-hybridized carbons (Fsp3) is 0.364. The SMILES string of the molecule is CC(F)C(CN)(C(=O)O)c1ccccc1Cl. The van der Waals surface area contributed by atoms with E-state index in [4.69, 9.17) is 17.3 Å². The smallest absolute Gasteiger partial charge is 0.318 e. The topological polar surface area (TPSA) is 63.3 Å². The van der Waals surface area contributed by atoms with Crippen LogP contribution in [-0.2, 0) is 10.2 Å². The Morgan fingerprint density at radius 1 is 1.62 bits per heavy atom. The van der Waals surface area contributed by atoms with E-state index in [-0.39, 0.29) is 17.1 Å². The number of hydrogen-bond acceptors (Lipinski definition) is 2. The molecule has 1 rings (SSSR count). The quantitative estimate of drug-likeness (QED) is 0.853. The highest BCUT2D eigenvalue weighted by Gasteiger charge is 2.46. The van der Waals surface area contributed by atoms with Crippen LogP contribution < -0.4 is 5.73 Å². The van der Waals surface area contributed by atoms with Gasteiger partial charge in [-0.25, -0.2) is 4.39 Å². The number of halogens is 2. The molecule has 1 aromatic rings. The lowest BCUT2D eigenvalue weighted by molar-refractivity contribution is -0.146. The van der Waals surface area contributed by atoms with Gasteiger partial charge in [0.25, 0.3) is 0 Å². The monoisotopic (exact) mass is 245 g/mol. The van der Waals surface area contributed by atoms with Crippen LogP contribution in [0, 0.1) is 0 Å². The van der Waals surface area contributed by atoms with Gasteiger partial charge in [-0.05, 0) is 18.6 Å². The molecule has 0 saturated carbocycles. The number of rotatable bonds is 4. The highest BCUT2D eigenvalue weighted by Crippen LogP contribution is 2.34. The zero-order valence-electron chi connectivity index (χ0n) is 8.78. The van der Waals surface area contributed by atoms with Gasteiger partial charge in [0.2, 0.25) is 0 Å². The summed E-state index contributed by atoms with van der Waals surface area (Å²) in [6, 6.07) is 6.26. The van der Waals surface area contributed by atoms with Crippen molar-refractivity contribution in [1.82, 2.24) is 0 Å². The van der Waals surface area contributed by atoms with E-state index in [9.17, 15) is 14.3 Å². The minimum absolute atomic E-state index is 0.208. The summed E-state index contributed by atoms with van der Waals surface area (Å²) in [7, 11) is 0. The van der Waals surface area contributed by atoms with Gasteiger partial charge in [-0.15, -0.1) is 0 Å². The van der Waals surface area contributed by atoms with Crippen LogP contribution in [0.15, 0.2) is 24.3 Å². The second-order valence-corrected chi connectivity index (χ2v) is 3.98. The molecule has 0 aliphatic rings. The molecule has 0 aromatic heterocycles. The van der Waals surface area contributed by atoms with Crippen molar-refractivity contribution >= 4 is 17.6 Å². The van der Waals surface area contributed by atoms with E-state index in [2.05, 4.69) is 0 Å². The van der Waals surface area contributed by atoms with Crippen LogP contribution in [0.2, 0.25) is 5.02 Å². The number of carbonyl (C=O) groups is 1. The van der Waals surface area contributed by atoms with Crippen molar-refractivity contribution in [2.75, 3.05) is 6.54 Å². The summed E-state index contributed by atoms with van der Waals surface area (Å²) in [5, 5.41) is 9.40. The first kappa shape index (κ1) is 12.9. The van der Waals surface area contributed by atoms with Crippen LogP contribution >= 0.6 is 11.6 Å². The summed E-state index contributed by atoms with van der Waals surface area (Å²) in [6.07, 6.45) is -1.63. The Balaban J connectivity index is 3.43. The molecular weight excluding hydrogens is 233 g/mol. The lowest BCUT2D eigenvalue weighted by Crippen LogP contribution is -2.49. The van der Waals surface area contributed by atoms with Crippen LogP contribution in [-0.4, -0.2) is 23.8 Å². The van der Waals surface area contributed by atoms with Crippen molar-refractivity contribution in [3.8, 4) is 0 Å². The first-order valence-corrected chi connectivity index (χ1v) is 5.17. The zero-order chi connectivity index (χ0) is 12.3. The molecule has 0 saturated heterocycles. The second kappa shape index (κ2) is 4.80. The van der Waals surface area contributed by atoms with Gasteiger partial charge in [0.1, 0.15) is 11.6 Å². The van der Waals surface area contributed by atoms with Crippen molar-refractivity contribution in [3.63, 3.8) is 0 Å². The molecule has 5 heteroatoms. The van der Waals surface area contributed by atoms with Crippen LogP contribution in [0.3, 0.4) is 0 Å². The van der Waals surface area contributed by atoms with Gasteiger partial charge >= 0.3 is 5.97 Å². The Morgan fingerprint density at radius 3 is 2.56 bits per heavy atom. The third-order valence-corrected chi connectivity index (χ3v) is 3.07. The zero-order valence-corrected chi connectivity index (χ0v) is 9.54.